The maximum Gasteiger partial charge on any atom is 0.162 e. The van der Waals surface area contributed by atoms with Crippen LogP contribution in [0.1, 0.15) is 91.4 Å². The molecule has 0 amide bonds. The molecule has 2 aromatic rings. The first-order valence-electron chi connectivity index (χ1n) is 14.0. The van der Waals surface area contributed by atoms with Gasteiger partial charge in [-0.3, -0.25) is 9.79 Å². The van der Waals surface area contributed by atoms with Gasteiger partial charge in [0.2, 0.25) is 0 Å². The van der Waals surface area contributed by atoms with Crippen molar-refractivity contribution in [3.63, 3.8) is 0 Å². The minimum Gasteiger partial charge on any atom is -0.294 e. The molecule has 2 saturated carbocycles. The molecule has 1 aliphatic heterocycles. The zero-order valence-corrected chi connectivity index (χ0v) is 21.4. The summed E-state index contributed by atoms with van der Waals surface area (Å²) in [5.41, 5.74) is 7.91. The zero-order chi connectivity index (χ0) is 24.0. The lowest BCUT2D eigenvalue weighted by Gasteiger charge is -2.53. The maximum atomic E-state index is 13.2. The number of carbonyl (C=O) groups is 1. The van der Waals surface area contributed by atoms with Crippen LogP contribution in [0.2, 0.25) is 0 Å². The summed E-state index contributed by atoms with van der Waals surface area (Å²) in [5.74, 6) is 3.78. The van der Waals surface area contributed by atoms with Crippen molar-refractivity contribution in [2.75, 3.05) is 6.54 Å². The molecule has 0 saturated heterocycles. The van der Waals surface area contributed by atoms with Crippen LogP contribution in [0.3, 0.4) is 0 Å². The molecule has 1 unspecified atom stereocenters. The highest BCUT2D eigenvalue weighted by Gasteiger charge is 2.49. The minimum absolute atomic E-state index is 0.232. The van der Waals surface area contributed by atoms with Crippen LogP contribution in [-0.2, 0) is 18.3 Å². The molecule has 35 heavy (non-hydrogen) atoms. The van der Waals surface area contributed by atoms with Gasteiger partial charge in [0.15, 0.2) is 5.78 Å². The second-order valence-corrected chi connectivity index (χ2v) is 12.1. The van der Waals surface area contributed by atoms with Gasteiger partial charge in [-0.05, 0) is 102 Å². The summed E-state index contributed by atoms with van der Waals surface area (Å²) in [6, 6.07) is 15.5. The van der Waals surface area contributed by atoms with Crippen LogP contribution in [0.25, 0.3) is 5.57 Å². The van der Waals surface area contributed by atoms with E-state index in [1.165, 1.54) is 66.4 Å². The Morgan fingerprint density at radius 1 is 1.09 bits per heavy atom. The number of ketones is 1. The lowest BCUT2D eigenvalue weighted by molar-refractivity contribution is 0.0594. The Bertz CT molecular complexity index is 1170. The molecular formula is C33H39NO. The number of allylic oxidation sites excluding steroid dienone is 1. The third kappa shape index (κ3) is 4.46. The Balaban J connectivity index is 1.10. The van der Waals surface area contributed by atoms with E-state index in [0.29, 0.717) is 18.1 Å². The van der Waals surface area contributed by atoms with E-state index in [1.54, 1.807) is 0 Å². The number of fused-ring (bicyclic) bond motifs is 4. The van der Waals surface area contributed by atoms with Gasteiger partial charge in [-0.2, -0.15) is 0 Å². The molecule has 6 rings (SSSR count). The van der Waals surface area contributed by atoms with Gasteiger partial charge < -0.3 is 0 Å². The molecule has 2 aromatic carbocycles. The van der Waals surface area contributed by atoms with Crippen molar-refractivity contribution in [1.82, 2.24) is 0 Å². The number of Topliss-reactive ketones (excluding diaryl/α,β-unsaturated/α-hetero) is 1. The summed E-state index contributed by atoms with van der Waals surface area (Å²) in [5, 5.41) is 0. The fraction of sp³-hybridized carbons (Fsp3) is 0.515. The predicted molar refractivity (Wildman–Crippen MR) is 145 cm³/mol. The Morgan fingerprint density at radius 3 is 2.66 bits per heavy atom. The molecular weight excluding hydrogens is 426 g/mol. The normalized spacial score (nSPS) is 29.1. The number of hydrogen-bond donors (Lipinski definition) is 0. The van der Waals surface area contributed by atoms with Gasteiger partial charge in [-0.25, -0.2) is 0 Å². The maximum absolute atomic E-state index is 13.2. The highest BCUT2D eigenvalue weighted by molar-refractivity contribution is 6.11. The van der Waals surface area contributed by atoms with Crippen molar-refractivity contribution in [2.45, 2.75) is 77.0 Å². The Hall–Kier alpha value is -2.48. The molecule has 0 aromatic heterocycles. The summed E-state index contributed by atoms with van der Waals surface area (Å²) in [6.07, 6.45) is 14.9. The lowest BCUT2D eigenvalue weighted by atomic mass is 9.51. The van der Waals surface area contributed by atoms with E-state index >= 15 is 0 Å². The van der Waals surface area contributed by atoms with Crippen LogP contribution in [0.15, 0.2) is 53.5 Å². The number of hydrogen-bond acceptors (Lipinski definition) is 2. The monoisotopic (exact) mass is 465 g/mol. The molecule has 0 spiro atoms. The predicted octanol–water partition coefficient (Wildman–Crippen LogP) is 7.64. The van der Waals surface area contributed by atoms with Gasteiger partial charge in [0, 0.05) is 18.2 Å². The number of carbonyl (C=O) groups excluding carboxylic acids is 1. The van der Waals surface area contributed by atoms with Gasteiger partial charge in [-0.15, -0.1) is 0 Å². The zero-order valence-electron chi connectivity index (χ0n) is 21.4. The van der Waals surface area contributed by atoms with E-state index in [1.807, 2.05) is 6.21 Å². The minimum atomic E-state index is 0.232. The van der Waals surface area contributed by atoms with E-state index in [9.17, 15) is 4.79 Å². The van der Waals surface area contributed by atoms with Crippen LogP contribution >= 0.6 is 0 Å². The number of aliphatic imine (C=N–C) groups is 1. The van der Waals surface area contributed by atoms with Crippen molar-refractivity contribution in [3.05, 3.63) is 76.4 Å². The van der Waals surface area contributed by atoms with E-state index in [0.717, 1.165) is 42.7 Å². The lowest BCUT2D eigenvalue weighted by Crippen LogP contribution is -2.48. The van der Waals surface area contributed by atoms with Crippen molar-refractivity contribution >= 4 is 17.6 Å². The quantitative estimate of drug-likeness (QED) is 0.368. The largest absolute Gasteiger partial charge is 0.294 e. The molecule has 2 nitrogen and oxygen atoms in total. The van der Waals surface area contributed by atoms with E-state index in [4.69, 9.17) is 0 Å². The van der Waals surface area contributed by atoms with Crippen molar-refractivity contribution in [3.8, 4) is 0 Å². The van der Waals surface area contributed by atoms with E-state index < -0.39 is 0 Å². The molecule has 4 atom stereocenters. The molecule has 182 valence electrons. The first-order chi connectivity index (χ1) is 17.0. The highest BCUT2D eigenvalue weighted by atomic mass is 16.1. The average molecular weight is 466 g/mol. The Morgan fingerprint density at radius 2 is 1.91 bits per heavy atom. The molecule has 3 aliphatic carbocycles. The number of nitrogens with zero attached hydrogens (tertiary/aromatic N) is 1. The molecule has 2 bridgehead atoms. The van der Waals surface area contributed by atoms with Gasteiger partial charge in [0.25, 0.3) is 0 Å². The molecule has 0 N–H and O–H groups in total. The van der Waals surface area contributed by atoms with Crippen LogP contribution in [0.4, 0.5) is 0 Å². The third-order valence-electron chi connectivity index (χ3n) is 9.93. The topological polar surface area (TPSA) is 29.4 Å². The van der Waals surface area contributed by atoms with Crippen LogP contribution in [0.5, 0.6) is 0 Å². The summed E-state index contributed by atoms with van der Waals surface area (Å²) in [4.78, 5) is 17.4. The van der Waals surface area contributed by atoms with Gasteiger partial charge >= 0.3 is 0 Å². The molecule has 1 heterocycles. The Labute approximate surface area is 210 Å². The molecule has 4 aliphatic rings. The van der Waals surface area contributed by atoms with Crippen molar-refractivity contribution in [1.29, 1.82) is 0 Å². The second kappa shape index (κ2) is 9.19. The van der Waals surface area contributed by atoms with Crippen LogP contribution in [0, 0.1) is 23.7 Å². The first-order valence-corrected chi connectivity index (χ1v) is 14.0. The molecule has 2 heteroatoms. The smallest absolute Gasteiger partial charge is 0.162 e. The summed E-state index contributed by atoms with van der Waals surface area (Å²) in [6.45, 7) is 5.78. The van der Waals surface area contributed by atoms with Gasteiger partial charge in [0.1, 0.15) is 0 Å². The standard InChI is InChI=1S/C33H39NO/c1-22-30-19-27-12-13-28(20-31(27)33(22,2)16-14-26(30)18-24-6-7-24)32(35)5-3-4-23-8-10-25(11-9-23)29-15-17-34-21-29/h8-13,15,20-22,24,26,30H,3-7,14,16-19H2,1-2H3/t22-,26-,30+,33?/m0/s1. The van der Waals surface area contributed by atoms with Gasteiger partial charge in [-0.1, -0.05) is 69.2 Å². The summed E-state index contributed by atoms with van der Waals surface area (Å²) < 4.78 is 0. The molecule has 2 fully saturated rings. The average Bonchev–Trinajstić information content (AvgIpc) is 3.52. The Kier molecular flexibility index (Phi) is 6.03. The van der Waals surface area contributed by atoms with Crippen LogP contribution in [-0.4, -0.2) is 18.5 Å². The number of benzene rings is 2. The highest BCUT2D eigenvalue weighted by Crippen LogP contribution is 2.56. The van der Waals surface area contributed by atoms with Crippen molar-refractivity contribution in [2.24, 2.45) is 28.7 Å². The first kappa shape index (κ1) is 23.0. The fourth-order valence-corrected chi connectivity index (χ4v) is 7.33. The summed E-state index contributed by atoms with van der Waals surface area (Å²) in [7, 11) is 0. The SMILES string of the molecule is C[C@H]1[C@H]2Cc3ccc(C(=O)CCCc4ccc(C5=CCN=C5)cc4)cc3C1(C)CC[C@H]2CC1CC1. The van der Waals surface area contributed by atoms with Gasteiger partial charge in [0.05, 0.1) is 6.54 Å². The van der Waals surface area contributed by atoms with Crippen molar-refractivity contribution < 1.29 is 4.79 Å². The van der Waals surface area contributed by atoms with E-state index in [2.05, 4.69) is 67.4 Å². The van der Waals surface area contributed by atoms with Crippen LogP contribution < -0.4 is 0 Å². The van der Waals surface area contributed by atoms with E-state index in [-0.39, 0.29) is 5.41 Å². The fourth-order valence-electron chi connectivity index (χ4n) is 7.33. The molecule has 0 radical (unpaired) electrons. The number of rotatable bonds is 8. The second-order valence-electron chi connectivity index (χ2n) is 12.1. The number of aryl methyl sites for hydroxylation is 1. The third-order valence-corrected chi connectivity index (χ3v) is 9.93. The summed E-state index contributed by atoms with van der Waals surface area (Å²) >= 11 is 0.